The number of rotatable bonds is 7. The molecule has 1 N–H and O–H groups in total. The van der Waals surface area contributed by atoms with Crippen LogP contribution in [0.3, 0.4) is 0 Å². The van der Waals surface area contributed by atoms with E-state index in [2.05, 4.69) is 5.32 Å². The minimum atomic E-state index is -0.0158. The van der Waals surface area contributed by atoms with Crippen molar-refractivity contribution in [3.05, 3.63) is 23.8 Å². The van der Waals surface area contributed by atoms with Crippen molar-refractivity contribution >= 4 is 5.91 Å². The number of hydrogen-bond donors (Lipinski definition) is 1. The van der Waals surface area contributed by atoms with Gasteiger partial charge in [0.2, 0.25) is 5.91 Å². The summed E-state index contributed by atoms with van der Waals surface area (Å²) < 4.78 is 11.1. The van der Waals surface area contributed by atoms with Gasteiger partial charge in [0, 0.05) is 5.92 Å². The van der Waals surface area contributed by atoms with Crippen LogP contribution >= 0.6 is 0 Å². The Balaban J connectivity index is 2.09. The quantitative estimate of drug-likeness (QED) is 0.833. The molecule has 4 heteroatoms. The fourth-order valence-corrected chi connectivity index (χ4v) is 2.10. The SMILES string of the molecule is CCOc1ccc(C(C)NC(=O)C2CC2)cc1OCC. The van der Waals surface area contributed by atoms with Crippen LogP contribution in [0, 0.1) is 5.92 Å². The Bertz CT molecular complexity index is 469. The van der Waals surface area contributed by atoms with Crippen LogP contribution in [0.5, 0.6) is 11.5 Å². The van der Waals surface area contributed by atoms with E-state index in [0.29, 0.717) is 13.2 Å². The molecule has 0 bridgehead atoms. The molecule has 2 rings (SSSR count). The zero-order valence-corrected chi connectivity index (χ0v) is 12.4. The standard InChI is InChI=1S/C16H23NO3/c1-4-19-14-9-8-13(10-15(14)20-5-2)11(3)17-16(18)12-6-7-12/h8-12H,4-7H2,1-3H3,(H,17,18). The maximum Gasteiger partial charge on any atom is 0.223 e. The van der Waals surface area contributed by atoms with E-state index in [-0.39, 0.29) is 17.9 Å². The van der Waals surface area contributed by atoms with Gasteiger partial charge in [0.05, 0.1) is 19.3 Å². The van der Waals surface area contributed by atoms with E-state index in [9.17, 15) is 4.79 Å². The van der Waals surface area contributed by atoms with Crippen LogP contribution in [0.15, 0.2) is 18.2 Å². The van der Waals surface area contributed by atoms with Crippen LogP contribution < -0.4 is 14.8 Å². The summed E-state index contributed by atoms with van der Waals surface area (Å²) in [5.41, 5.74) is 1.03. The van der Waals surface area contributed by atoms with Crippen molar-refractivity contribution in [1.29, 1.82) is 0 Å². The summed E-state index contributed by atoms with van der Waals surface area (Å²) in [6.07, 6.45) is 2.04. The van der Waals surface area contributed by atoms with Gasteiger partial charge in [0.25, 0.3) is 0 Å². The third-order valence-corrected chi connectivity index (χ3v) is 3.37. The predicted octanol–water partition coefficient (Wildman–Crippen LogP) is 3.07. The van der Waals surface area contributed by atoms with Crippen molar-refractivity contribution in [2.24, 2.45) is 5.92 Å². The molecule has 1 amide bonds. The number of carbonyl (C=O) groups excluding carboxylic acids is 1. The first-order valence-corrected chi connectivity index (χ1v) is 7.35. The largest absolute Gasteiger partial charge is 0.490 e. The second-order valence-electron chi connectivity index (χ2n) is 5.08. The molecule has 110 valence electrons. The van der Waals surface area contributed by atoms with Gasteiger partial charge >= 0.3 is 0 Å². The Hall–Kier alpha value is -1.71. The molecular formula is C16H23NO3. The fourth-order valence-electron chi connectivity index (χ4n) is 2.10. The lowest BCUT2D eigenvalue weighted by molar-refractivity contribution is -0.122. The summed E-state index contributed by atoms with van der Waals surface area (Å²) in [4.78, 5) is 11.8. The predicted molar refractivity (Wildman–Crippen MR) is 78.1 cm³/mol. The van der Waals surface area contributed by atoms with Crippen molar-refractivity contribution in [2.45, 2.75) is 39.7 Å². The van der Waals surface area contributed by atoms with Crippen molar-refractivity contribution in [3.63, 3.8) is 0 Å². The molecule has 1 fully saturated rings. The second-order valence-corrected chi connectivity index (χ2v) is 5.08. The lowest BCUT2D eigenvalue weighted by Gasteiger charge is -2.17. The van der Waals surface area contributed by atoms with Crippen molar-refractivity contribution < 1.29 is 14.3 Å². The van der Waals surface area contributed by atoms with Crippen LogP contribution in [0.4, 0.5) is 0 Å². The first kappa shape index (κ1) is 14.7. The van der Waals surface area contributed by atoms with Crippen LogP contribution in [-0.2, 0) is 4.79 Å². The minimum Gasteiger partial charge on any atom is -0.490 e. The summed E-state index contributed by atoms with van der Waals surface area (Å²) in [6.45, 7) is 7.08. The van der Waals surface area contributed by atoms with Crippen molar-refractivity contribution in [3.8, 4) is 11.5 Å². The molecule has 0 heterocycles. The van der Waals surface area contributed by atoms with E-state index in [0.717, 1.165) is 29.9 Å². The van der Waals surface area contributed by atoms with Gasteiger partial charge in [-0.25, -0.2) is 0 Å². The number of nitrogens with one attached hydrogen (secondary N) is 1. The molecule has 1 saturated carbocycles. The van der Waals surface area contributed by atoms with Gasteiger partial charge in [-0.1, -0.05) is 6.07 Å². The molecule has 1 aliphatic carbocycles. The average Bonchev–Trinajstić information content (AvgIpc) is 3.25. The van der Waals surface area contributed by atoms with Crippen molar-refractivity contribution in [1.82, 2.24) is 5.32 Å². The fraction of sp³-hybridized carbons (Fsp3) is 0.562. The third-order valence-electron chi connectivity index (χ3n) is 3.37. The number of benzene rings is 1. The smallest absolute Gasteiger partial charge is 0.223 e. The zero-order valence-electron chi connectivity index (χ0n) is 12.4. The molecule has 0 spiro atoms. The van der Waals surface area contributed by atoms with Gasteiger partial charge in [-0.3, -0.25) is 4.79 Å². The Labute approximate surface area is 120 Å². The molecular weight excluding hydrogens is 254 g/mol. The number of amides is 1. The van der Waals surface area contributed by atoms with E-state index in [1.54, 1.807) is 0 Å². The molecule has 1 atom stereocenters. The first-order chi connectivity index (χ1) is 9.65. The second kappa shape index (κ2) is 6.64. The molecule has 4 nitrogen and oxygen atoms in total. The maximum absolute atomic E-state index is 11.8. The summed E-state index contributed by atoms with van der Waals surface area (Å²) in [6, 6.07) is 5.82. The highest BCUT2D eigenvalue weighted by molar-refractivity contribution is 5.81. The molecule has 0 saturated heterocycles. The topological polar surface area (TPSA) is 47.6 Å². The average molecular weight is 277 g/mol. The van der Waals surface area contributed by atoms with Crippen molar-refractivity contribution in [2.75, 3.05) is 13.2 Å². The van der Waals surface area contributed by atoms with E-state index in [4.69, 9.17) is 9.47 Å². The minimum absolute atomic E-state index is 0.0158. The van der Waals surface area contributed by atoms with Gasteiger partial charge < -0.3 is 14.8 Å². The van der Waals surface area contributed by atoms with Gasteiger partial charge in [-0.15, -0.1) is 0 Å². The Kier molecular flexibility index (Phi) is 4.88. The summed E-state index contributed by atoms with van der Waals surface area (Å²) in [5, 5.41) is 3.04. The molecule has 1 aromatic carbocycles. The Morgan fingerprint density at radius 2 is 1.90 bits per heavy atom. The summed E-state index contributed by atoms with van der Waals surface area (Å²) >= 11 is 0. The highest BCUT2D eigenvalue weighted by atomic mass is 16.5. The van der Waals surface area contributed by atoms with Gasteiger partial charge in [0.15, 0.2) is 11.5 Å². The van der Waals surface area contributed by atoms with Crippen LogP contribution in [0.25, 0.3) is 0 Å². The van der Waals surface area contributed by atoms with Gasteiger partial charge in [0.1, 0.15) is 0 Å². The molecule has 0 aliphatic heterocycles. The van der Waals surface area contributed by atoms with Crippen LogP contribution in [-0.4, -0.2) is 19.1 Å². The normalized spacial score (nSPS) is 15.6. The highest BCUT2D eigenvalue weighted by Gasteiger charge is 2.30. The maximum atomic E-state index is 11.8. The van der Waals surface area contributed by atoms with E-state index in [1.807, 2.05) is 39.0 Å². The molecule has 0 aromatic heterocycles. The van der Waals surface area contributed by atoms with Gasteiger partial charge in [-0.2, -0.15) is 0 Å². The van der Waals surface area contributed by atoms with Gasteiger partial charge in [-0.05, 0) is 51.3 Å². The number of ether oxygens (including phenoxy) is 2. The number of carbonyl (C=O) groups is 1. The molecule has 20 heavy (non-hydrogen) atoms. The van der Waals surface area contributed by atoms with Crippen LogP contribution in [0.1, 0.15) is 45.2 Å². The Morgan fingerprint density at radius 1 is 1.25 bits per heavy atom. The summed E-state index contributed by atoms with van der Waals surface area (Å²) in [7, 11) is 0. The summed E-state index contributed by atoms with van der Waals surface area (Å²) in [5.74, 6) is 1.87. The molecule has 1 aromatic rings. The Morgan fingerprint density at radius 3 is 2.50 bits per heavy atom. The molecule has 1 aliphatic rings. The van der Waals surface area contributed by atoms with E-state index >= 15 is 0 Å². The lowest BCUT2D eigenvalue weighted by Crippen LogP contribution is -2.27. The van der Waals surface area contributed by atoms with Crippen LogP contribution in [0.2, 0.25) is 0 Å². The highest BCUT2D eigenvalue weighted by Crippen LogP contribution is 2.32. The molecule has 1 unspecified atom stereocenters. The number of hydrogen-bond acceptors (Lipinski definition) is 3. The van der Waals surface area contributed by atoms with E-state index in [1.165, 1.54) is 0 Å². The zero-order chi connectivity index (χ0) is 14.5. The monoisotopic (exact) mass is 277 g/mol. The lowest BCUT2D eigenvalue weighted by atomic mass is 10.1. The third kappa shape index (κ3) is 3.65. The molecule has 0 radical (unpaired) electrons. The van der Waals surface area contributed by atoms with E-state index < -0.39 is 0 Å². The first-order valence-electron chi connectivity index (χ1n) is 7.35.